The quantitative estimate of drug-likeness (QED) is 0.154. The zero-order valence-corrected chi connectivity index (χ0v) is 27.4. The molecule has 260 valence electrons. The Bertz CT molecular complexity index is 2020. The highest BCUT2D eigenvalue weighted by atomic mass is 32.2. The molecule has 1 heterocycles. The summed E-state index contributed by atoms with van der Waals surface area (Å²) in [6.07, 6.45) is -6.96. The number of aryl methyl sites for hydroxylation is 1. The van der Waals surface area contributed by atoms with E-state index in [1.54, 1.807) is 13.2 Å². The number of anilines is 2. The van der Waals surface area contributed by atoms with Crippen LogP contribution in [0.4, 0.5) is 42.1 Å². The van der Waals surface area contributed by atoms with Gasteiger partial charge in [-0.1, -0.05) is 6.07 Å². The van der Waals surface area contributed by atoms with E-state index in [4.69, 9.17) is 4.74 Å². The highest BCUT2D eigenvalue weighted by Gasteiger charge is 2.47. The summed E-state index contributed by atoms with van der Waals surface area (Å²) in [6.45, 7) is 1.73. The van der Waals surface area contributed by atoms with Crippen LogP contribution >= 0.6 is 11.3 Å². The highest BCUT2D eigenvalue weighted by Crippen LogP contribution is 2.42. The smallest absolute Gasteiger partial charge is 0.419 e. The van der Waals surface area contributed by atoms with Gasteiger partial charge in [-0.3, -0.25) is 18.6 Å². The lowest BCUT2D eigenvalue weighted by molar-refractivity contribution is -0.140. The Morgan fingerprint density at radius 2 is 1.59 bits per heavy atom. The van der Waals surface area contributed by atoms with Gasteiger partial charge in [0, 0.05) is 44.9 Å². The minimum Gasteiger partial charge on any atom is -0.496 e. The zero-order chi connectivity index (χ0) is 36.1. The average Bonchev–Trinajstić information content (AvgIpc) is 3.74. The van der Waals surface area contributed by atoms with Crippen LogP contribution in [0.2, 0.25) is 0 Å². The summed E-state index contributed by atoms with van der Waals surface area (Å²) in [4.78, 5) is 39.9. The molecule has 1 saturated carbocycles. The van der Waals surface area contributed by atoms with Crippen LogP contribution in [0.15, 0.2) is 48.5 Å². The van der Waals surface area contributed by atoms with Gasteiger partial charge >= 0.3 is 12.4 Å². The second kappa shape index (κ2) is 13.1. The van der Waals surface area contributed by atoms with E-state index in [-0.39, 0.29) is 44.1 Å². The molecule has 0 aliphatic heterocycles. The summed E-state index contributed by atoms with van der Waals surface area (Å²) in [5, 5.41) is 7.42. The Morgan fingerprint density at radius 1 is 0.898 bits per heavy atom. The first-order chi connectivity index (χ1) is 22.8. The summed E-state index contributed by atoms with van der Waals surface area (Å²) >= 11 is 0.526. The Labute approximate surface area is 280 Å². The molecule has 0 bridgehead atoms. The molecule has 17 heteroatoms. The number of rotatable bonds is 9. The number of methoxy groups -OCH3 is 1. The van der Waals surface area contributed by atoms with Crippen molar-refractivity contribution in [3.63, 3.8) is 0 Å². The number of halogens is 7. The molecule has 1 fully saturated rings. The molecule has 1 aliphatic carbocycles. The van der Waals surface area contributed by atoms with E-state index in [0.717, 1.165) is 24.3 Å². The number of hydrogen-bond donors (Lipinski definition) is 3. The summed E-state index contributed by atoms with van der Waals surface area (Å²) in [5.74, 6) is -4.19. The summed E-state index contributed by atoms with van der Waals surface area (Å²) in [7, 11) is 0.0759. The first-order valence-electron chi connectivity index (χ1n) is 14.3. The number of ether oxygens (including phenoxy) is 1. The number of benzene rings is 3. The van der Waals surface area contributed by atoms with Crippen molar-refractivity contribution >= 4 is 61.3 Å². The van der Waals surface area contributed by atoms with E-state index in [1.165, 1.54) is 19.2 Å². The van der Waals surface area contributed by atoms with Gasteiger partial charge in [-0.05, 0) is 67.8 Å². The van der Waals surface area contributed by atoms with Crippen molar-refractivity contribution in [3.8, 4) is 5.75 Å². The number of alkyl halides is 6. The van der Waals surface area contributed by atoms with E-state index in [9.17, 15) is 49.3 Å². The lowest BCUT2D eigenvalue weighted by atomic mass is 10.0. The monoisotopic (exact) mass is 729 g/mol. The largest absolute Gasteiger partial charge is 0.496 e. The Hall–Kier alpha value is -4.51. The van der Waals surface area contributed by atoms with Crippen molar-refractivity contribution in [3.05, 3.63) is 87.0 Å². The van der Waals surface area contributed by atoms with Gasteiger partial charge in [-0.25, -0.2) is 4.39 Å². The van der Waals surface area contributed by atoms with Crippen LogP contribution in [0.1, 0.15) is 59.9 Å². The molecule has 0 spiro atoms. The molecule has 1 atom stereocenters. The predicted molar refractivity (Wildman–Crippen MR) is 170 cm³/mol. The Balaban J connectivity index is 1.52. The maximum Gasteiger partial charge on any atom is 0.419 e. The van der Waals surface area contributed by atoms with Crippen molar-refractivity contribution in [1.29, 1.82) is 0 Å². The average molecular weight is 730 g/mol. The third-order valence-electron chi connectivity index (χ3n) is 8.02. The van der Waals surface area contributed by atoms with Gasteiger partial charge in [-0.2, -0.15) is 26.3 Å². The van der Waals surface area contributed by atoms with Crippen molar-refractivity contribution in [1.82, 2.24) is 5.32 Å². The van der Waals surface area contributed by atoms with Crippen LogP contribution in [-0.4, -0.2) is 46.6 Å². The topological polar surface area (TPSA) is 114 Å². The summed E-state index contributed by atoms with van der Waals surface area (Å²) in [5.41, 5.74) is -3.16. The normalized spacial score (nSPS) is 14.7. The maximum atomic E-state index is 13.8. The van der Waals surface area contributed by atoms with Gasteiger partial charge in [-0.15, -0.1) is 11.3 Å². The van der Waals surface area contributed by atoms with Gasteiger partial charge in [0.2, 0.25) is 0 Å². The Kier molecular flexibility index (Phi) is 9.55. The molecular weight excluding hydrogens is 703 g/mol. The predicted octanol–water partition coefficient (Wildman–Crippen LogP) is 7.54. The van der Waals surface area contributed by atoms with Crippen LogP contribution < -0.4 is 20.7 Å². The lowest BCUT2D eigenvalue weighted by Crippen LogP contribution is -2.36. The number of nitrogens with one attached hydrogen (secondary N) is 3. The number of thiophene rings is 1. The molecule has 4 aromatic rings. The number of amides is 3. The molecule has 0 radical (unpaired) electrons. The fraction of sp³-hybridized carbons (Fsp3) is 0.281. The molecule has 1 unspecified atom stereocenters. The van der Waals surface area contributed by atoms with Gasteiger partial charge in [0.15, 0.2) is 0 Å². The summed E-state index contributed by atoms with van der Waals surface area (Å²) < 4.78 is 111. The van der Waals surface area contributed by atoms with Gasteiger partial charge in [0.25, 0.3) is 17.7 Å². The van der Waals surface area contributed by atoms with Crippen molar-refractivity contribution in [2.75, 3.05) is 30.5 Å². The number of fused-ring (bicyclic) bond motifs is 1. The van der Waals surface area contributed by atoms with E-state index >= 15 is 0 Å². The molecule has 3 aromatic carbocycles. The third-order valence-corrected chi connectivity index (χ3v) is 10.9. The van der Waals surface area contributed by atoms with Crippen molar-refractivity contribution < 1.29 is 54.1 Å². The van der Waals surface area contributed by atoms with Gasteiger partial charge < -0.3 is 20.7 Å². The van der Waals surface area contributed by atoms with E-state index in [2.05, 4.69) is 16.0 Å². The van der Waals surface area contributed by atoms with E-state index < -0.39 is 68.3 Å². The summed E-state index contributed by atoms with van der Waals surface area (Å²) in [6, 6.07) is 6.85. The standard InChI is InChI=1S/C32H26F7N3O5S2/c1-15-10-23(47-2)20(13-19(15)27(43)40-14-30(8-9-30)49(3)46)28(44)42-25-18-6-4-16(31(34,35)36)11-24(18)48-26(25)29(45)41-17-5-7-22(33)21(12-17)32(37,38)39/h4-7,10-13H,8-9,14H2,1-3H3,(H,40,43)(H,41,45)(H,42,44). The molecule has 49 heavy (non-hydrogen) atoms. The maximum absolute atomic E-state index is 13.8. The second-order valence-corrected chi connectivity index (χ2v) is 14.1. The number of carbonyl (C=O) groups is 3. The number of hydrogen-bond acceptors (Lipinski definition) is 6. The molecule has 1 aromatic heterocycles. The van der Waals surface area contributed by atoms with Crippen LogP contribution in [0.5, 0.6) is 5.75 Å². The SMILES string of the molecule is COc1cc(C)c(C(=O)NCC2(S(C)=O)CC2)cc1C(=O)Nc1c(C(=O)Nc2ccc(F)c(C(F)(F)F)c2)sc2cc(C(F)(F)F)ccc12. The van der Waals surface area contributed by atoms with E-state index in [1.807, 2.05) is 0 Å². The van der Waals surface area contributed by atoms with Crippen molar-refractivity contribution in [2.45, 2.75) is 36.9 Å². The molecule has 3 N–H and O–H groups in total. The fourth-order valence-corrected chi connectivity index (χ4v) is 7.11. The van der Waals surface area contributed by atoms with Crippen LogP contribution in [-0.2, 0) is 23.2 Å². The van der Waals surface area contributed by atoms with Crippen molar-refractivity contribution in [2.24, 2.45) is 0 Å². The van der Waals surface area contributed by atoms with Crippen LogP contribution in [0.25, 0.3) is 10.1 Å². The Morgan fingerprint density at radius 3 is 2.18 bits per heavy atom. The van der Waals surface area contributed by atoms with E-state index in [0.29, 0.717) is 41.9 Å². The lowest BCUT2D eigenvalue weighted by Gasteiger charge is -2.16. The molecule has 1 aliphatic rings. The first kappa shape index (κ1) is 35.8. The zero-order valence-electron chi connectivity index (χ0n) is 25.7. The third kappa shape index (κ3) is 7.41. The van der Waals surface area contributed by atoms with Crippen LogP contribution in [0.3, 0.4) is 0 Å². The molecule has 0 saturated heterocycles. The highest BCUT2D eigenvalue weighted by molar-refractivity contribution is 7.86. The van der Waals surface area contributed by atoms with Gasteiger partial charge in [0.1, 0.15) is 16.4 Å². The van der Waals surface area contributed by atoms with Gasteiger partial charge in [0.05, 0.1) is 34.2 Å². The fourth-order valence-electron chi connectivity index (χ4n) is 5.06. The first-order valence-corrected chi connectivity index (χ1v) is 16.7. The second-order valence-electron chi connectivity index (χ2n) is 11.3. The molecule has 8 nitrogen and oxygen atoms in total. The minimum absolute atomic E-state index is 0.00192. The molecular formula is C32H26F7N3O5S2. The minimum atomic E-state index is -5.09. The molecule has 3 amide bonds. The molecule has 5 rings (SSSR count). The van der Waals surface area contributed by atoms with Crippen LogP contribution in [0, 0.1) is 12.7 Å². The number of carbonyl (C=O) groups excluding carboxylic acids is 3.